The van der Waals surface area contributed by atoms with E-state index in [-0.39, 0.29) is 37.1 Å². The van der Waals surface area contributed by atoms with Crippen LogP contribution in [0.5, 0.6) is 0 Å². The third-order valence-electron chi connectivity index (χ3n) is 14.8. The number of rotatable bonds is 16. The number of carbonyl (C=O) groups is 5. The van der Waals surface area contributed by atoms with Gasteiger partial charge in [-0.05, 0) is 75.5 Å². The van der Waals surface area contributed by atoms with Crippen molar-refractivity contribution >= 4 is 39.4 Å². The van der Waals surface area contributed by atoms with Gasteiger partial charge in [-0.15, -0.1) is 12.3 Å². The van der Waals surface area contributed by atoms with E-state index in [1.54, 1.807) is 18.7 Å². The lowest BCUT2D eigenvalue weighted by molar-refractivity contribution is -0.148. The maximum absolute atomic E-state index is 15.3. The number of amides is 5. The van der Waals surface area contributed by atoms with Crippen molar-refractivity contribution in [3.63, 3.8) is 0 Å². The van der Waals surface area contributed by atoms with Gasteiger partial charge in [0, 0.05) is 24.9 Å². The minimum atomic E-state index is -3.60. The molecule has 1 saturated heterocycles. The molecular formula is C44H73N5O7S. The fourth-order valence-corrected chi connectivity index (χ4v) is 11.4. The van der Waals surface area contributed by atoms with Crippen molar-refractivity contribution in [1.82, 2.24) is 26.2 Å². The van der Waals surface area contributed by atoms with E-state index < -0.39 is 78.1 Å². The molecule has 1 aliphatic heterocycles. The minimum absolute atomic E-state index is 0.145. The molecular weight excluding hydrogens is 743 g/mol. The number of sulfone groups is 1. The van der Waals surface area contributed by atoms with Gasteiger partial charge in [-0.1, -0.05) is 99.3 Å². The van der Waals surface area contributed by atoms with Crippen LogP contribution in [0, 0.1) is 34.5 Å². The number of urea groups is 1. The highest BCUT2D eigenvalue weighted by molar-refractivity contribution is 7.92. The van der Waals surface area contributed by atoms with Crippen LogP contribution in [-0.4, -0.2) is 90.1 Å². The summed E-state index contributed by atoms with van der Waals surface area (Å²) in [6.07, 6.45) is 17.5. The molecule has 0 aromatic rings. The van der Waals surface area contributed by atoms with E-state index in [2.05, 4.69) is 27.2 Å². The Hall–Kier alpha value is -3.14. The number of nitrogens with one attached hydrogen (secondary N) is 4. The lowest BCUT2D eigenvalue weighted by Gasteiger charge is -2.47. The predicted molar refractivity (Wildman–Crippen MR) is 224 cm³/mol. The molecule has 5 amide bonds. The summed E-state index contributed by atoms with van der Waals surface area (Å²) >= 11 is 0. The van der Waals surface area contributed by atoms with Crippen molar-refractivity contribution in [2.75, 3.05) is 18.8 Å². The molecule has 4 rings (SSSR count). The summed E-state index contributed by atoms with van der Waals surface area (Å²) in [5, 5.41) is 11.8. The van der Waals surface area contributed by atoms with Crippen LogP contribution in [-0.2, 0) is 29.0 Å². The Bertz CT molecular complexity index is 1630. The lowest BCUT2D eigenvalue weighted by Crippen LogP contribution is -2.65. The first kappa shape index (κ1) is 46.5. The van der Waals surface area contributed by atoms with Crippen molar-refractivity contribution in [3.8, 4) is 12.3 Å². The van der Waals surface area contributed by atoms with E-state index in [0.717, 1.165) is 57.8 Å². The highest BCUT2D eigenvalue weighted by Gasteiger charge is 2.58. The summed E-state index contributed by atoms with van der Waals surface area (Å²) in [7, 11) is -3.60. The smallest absolute Gasteiger partial charge is 0.315 e. The summed E-state index contributed by atoms with van der Waals surface area (Å²) in [4.78, 5) is 72.5. The van der Waals surface area contributed by atoms with Gasteiger partial charge in [-0.2, -0.15) is 0 Å². The number of Topliss-reactive ketones (excluding diaryl/α,β-unsaturated/α-hetero) is 1. The third-order valence-corrected chi connectivity index (χ3v) is 17.7. The zero-order chi connectivity index (χ0) is 42.5. The van der Waals surface area contributed by atoms with E-state index in [9.17, 15) is 27.6 Å². The van der Waals surface area contributed by atoms with Crippen LogP contribution in [0.4, 0.5) is 4.79 Å². The molecule has 0 aromatic heterocycles. The molecule has 4 fully saturated rings. The van der Waals surface area contributed by atoms with Gasteiger partial charge in [-0.25, -0.2) is 13.2 Å². The van der Waals surface area contributed by atoms with Crippen LogP contribution in [0.15, 0.2) is 0 Å². The van der Waals surface area contributed by atoms with Crippen LogP contribution >= 0.6 is 0 Å². The summed E-state index contributed by atoms with van der Waals surface area (Å²) in [5.74, 6) is 0.0847. The molecule has 3 unspecified atom stereocenters. The average molecular weight is 816 g/mol. The molecule has 1 heterocycles. The summed E-state index contributed by atoms with van der Waals surface area (Å²) in [6, 6.07) is -3.62. The zero-order valence-corrected chi connectivity index (χ0v) is 37.1. The van der Waals surface area contributed by atoms with E-state index in [1.807, 2.05) is 41.5 Å². The SMILES string of the molecule is C#CCCNC(=O)C(=O)C(CC1CCC1)NC(=O)C1N(C(=O)C(NC(=O)NC2(CS(=O)(=O)C(C)(C)CC)CCCCC2)C2(C)CCCCC2)CC[C@@]1(C)C(C)(C)C. The summed E-state index contributed by atoms with van der Waals surface area (Å²) in [5.41, 5.74) is -2.77. The summed E-state index contributed by atoms with van der Waals surface area (Å²) in [6.45, 7) is 15.9. The van der Waals surface area contributed by atoms with Gasteiger partial charge in [0.1, 0.15) is 12.1 Å². The maximum atomic E-state index is 15.3. The molecule has 0 spiro atoms. The maximum Gasteiger partial charge on any atom is 0.315 e. The van der Waals surface area contributed by atoms with Crippen LogP contribution in [0.25, 0.3) is 0 Å². The van der Waals surface area contributed by atoms with Gasteiger partial charge < -0.3 is 26.2 Å². The molecule has 322 valence electrons. The largest absolute Gasteiger partial charge is 0.348 e. The number of nitrogens with zero attached hydrogens (tertiary/aromatic N) is 1. The molecule has 13 heteroatoms. The molecule has 12 nitrogen and oxygen atoms in total. The molecule has 4 N–H and O–H groups in total. The normalized spacial score (nSPS) is 24.9. The second-order valence-corrected chi connectivity index (χ2v) is 22.6. The molecule has 0 radical (unpaired) electrons. The van der Waals surface area contributed by atoms with Crippen molar-refractivity contribution in [2.45, 2.75) is 193 Å². The van der Waals surface area contributed by atoms with Crippen LogP contribution in [0.1, 0.15) is 165 Å². The number of terminal acetylenes is 1. The Morgan fingerprint density at radius 3 is 1.98 bits per heavy atom. The van der Waals surface area contributed by atoms with Gasteiger partial charge in [0.25, 0.3) is 5.91 Å². The molecule has 0 bridgehead atoms. The first-order valence-electron chi connectivity index (χ1n) is 21.7. The van der Waals surface area contributed by atoms with Crippen molar-refractivity contribution in [1.29, 1.82) is 0 Å². The fraction of sp³-hybridized carbons (Fsp3) is 0.841. The highest BCUT2D eigenvalue weighted by Crippen LogP contribution is 2.51. The van der Waals surface area contributed by atoms with Crippen molar-refractivity contribution < 1.29 is 32.4 Å². The molecule has 0 aromatic carbocycles. The molecule has 4 atom stereocenters. The third kappa shape index (κ3) is 10.5. The van der Waals surface area contributed by atoms with Gasteiger partial charge in [0.2, 0.25) is 17.6 Å². The monoisotopic (exact) mass is 816 g/mol. The molecule has 57 heavy (non-hydrogen) atoms. The number of hydrogen-bond donors (Lipinski definition) is 4. The van der Waals surface area contributed by atoms with Gasteiger partial charge >= 0.3 is 6.03 Å². The standard InChI is InChI=1S/C44H73N5O7S/c1-10-12-27-45-36(51)33(50)32(29-31-20-19-21-31)46-37(52)35-43(9,40(3,4)5)26-28-49(35)38(53)34(42(8)22-15-13-16-23-42)47-39(54)48-44(24-17-14-18-25-44)30-57(55,56)41(6,7)11-2/h1,31-32,34-35H,11-30H2,2-9H3,(H,45,51)(H,46,52)(H2,47,48,54)/t32?,34?,35?,43-/m1/s1. The van der Waals surface area contributed by atoms with E-state index in [1.165, 1.54) is 0 Å². The lowest BCUT2D eigenvalue weighted by atomic mass is 9.63. The highest BCUT2D eigenvalue weighted by atomic mass is 32.2. The quantitative estimate of drug-likeness (QED) is 0.0846. The Morgan fingerprint density at radius 2 is 1.46 bits per heavy atom. The number of carbonyl (C=O) groups excluding carboxylic acids is 5. The minimum Gasteiger partial charge on any atom is -0.348 e. The van der Waals surface area contributed by atoms with Gasteiger partial charge in [0.15, 0.2) is 9.84 Å². The Balaban J connectivity index is 1.68. The molecule has 3 saturated carbocycles. The van der Waals surface area contributed by atoms with Crippen LogP contribution < -0.4 is 21.3 Å². The van der Waals surface area contributed by atoms with E-state index in [4.69, 9.17) is 6.42 Å². The Morgan fingerprint density at radius 1 is 0.860 bits per heavy atom. The topological polar surface area (TPSA) is 171 Å². The first-order valence-corrected chi connectivity index (χ1v) is 23.4. The fourth-order valence-electron chi connectivity index (χ4n) is 9.52. The summed E-state index contributed by atoms with van der Waals surface area (Å²) < 4.78 is 26.6. The van der Waals surface area contributed by atoms with Gasteiger partial charge in [0.05, 0.1) is 22.1 Å². The number of hydrogen-bond acceptors (Lipinski definition) is 7. The van der Waals surface area contributed by atoms with E-state index in [0.29, 0.717) is 44.9 Å². The van der Waals surface area contributed by atoms with Gasteiger partial charge in [-0.3, -0.25) is 19.2 Å². The van der Waals surface area contributed by atoms with E-state index >= 15 is 4.79 Å². The Kier molecular flexibility index (Phi) is 15.0. The first-order chi connectivity index (χ1) is 26.6. The molecule has 4 aliphatic rings. The van der Waals surface area contributed by atoms with Crippen LogP contribution in [0.2, 0.25) is 0 Å². The zero-order valence-electron chi connectivity index (χ0n) is 36.2. The Labute approximate surface area is 343 Å². The van der Waals surface area contributed by atoms with Crippen molar-refractivity contribution in [2.24, 2.45) is 22.2 Å². The van der Waals surface area contributed by atoms with Crippen molar-refractivity contribution in [3.05, 3.63) is 0 Å². The number of likely N-dealkylation sites (tertiary alicyclic amines) is 1. The second kappa shape index (κ2) is 18.4. The number of ketones is 1. The average Bonchev–Trinajstić information content (AvgIpc) is 3.50. The second-order valence-electron chi connectivity index (χ2n) is 20.0. The molecule has 3 aliphatic carbocycles. The van der Waals surface area contributed by atoms with Crippen LogP contribution in [0.3, 0.4) is 0 Å². The predicted octanol–water partition coefficient (Wildman–Crippen LogP) is 5.97.